The Morgan fingerprint density at radius 1 is 0.483 bits per heavy atom. The Bertz CT molecular complexity index is 3500. The van der Waals surface area contributed by atoms with E-state index >= 15 is 0 Å². The SMILES string of the molecule is Cc1cc2c3c4c1c1cc5c(cc1n4-c1ccc(C(C)(C)C)cc1B3N(c1ccc(C(C)(C)C)cc1)c1cc3c(cc1-2)oc1cc(C(C)(C)C)ccc13)oc1ccccc15. The van der Waals surface area contributed by atoms with Gasteiger partial charge in [-0.25, -0.2) is 0 Å². The number of rotatable bonds is 1. The molecule has 0 saturated heterocycles. The van der Waals surface area contributed by atoms with Gasteiger partial charge in [0.05, 0.1) is 11.0 Å². The Kier molecular flexibility index (Phi) is 6.87. The molecule has 294 valence electrons. The fourth-order valence-electron chi connectivity index (χ4n) is 10.5. The van der Waals surface area contributed by atoms with Gasteiger partial charge in [0.2, 0.25) is 0 Å². The van der Waals surface area contributed by atoms with Gasteiger partial charge in [-0.05, 0) is 110 Å². The fraction of sp³-hybridized carbons (Fsp3) is 0.236. The number of fused-ring (bicyclic) bond motifs is 14. The smallest absolute Gasteiger partial charge is 0.333 e. The van der Waals surface area contributed by atoms with Crippen LogP contribution in [0.15, 0.2) is 124 Å². The monoisotopic (exact) mass is 780 g/mol. The Morgan fingerprint density at radius 3 is 1.85 bits per heavy atom. The van der Waals surface area contributed by atoms with Crippen LogP contribution in [0.25, 0.3) is 82.5 Å². The summed E-state index contributed by atoms with van der Waals surface area (Å²) in [6.45, 7) is 22.9. The van der Waals surface area contributed by atoms with Gasteiger partial charge >= 0.3 is 6.85 Å². The second-order valence-electron chi connectivity index (χ2n) is 20.7. The van der Waals surface area contributed by atoms with Crippen molar-refractivity contribution in [2.24, 2.45) is 0 Å². The number of hydrogen-bond donors (Lipinski definition) is 0. The number of hydrogen-bond acceptors (Lipinski definition) is 3. The lowest BCUT2D eigenvalue weighted by Gasteiger charge is -2.42. The molecule has 0 atom stereocenters. The molecule has 0 fully saturated rings. The lowest BCUT2D eigenvalue weighted by Crippen LogP contribution is -2.60. The van der Waals surface area contributed by atoms with Crippen LogP contribution in [-0.4, -0.2) is 11.4 Å². The minimum absolute atomic E-state index is 0.0140. The molecular formula is C55H49BN2O2. The van der Waals surface area contributed by atoms with Crippen LogP contribution in [0, 0.1) is 6.92 Å². The van der Waals surface area contributed by atoms with E-state index in [1.165, 1.54) is 83.2 Å². The van der Waals surface area contributed by atoms with Gasteiger partial charge in [0.25, 0.3) is 0 Å². The van der Waals surface area contributed by atoms with Crippen LogP contribution in [0.2, 0.25) is 0 Å². The van der Waals surface area contributed by atoms with Gasteiger partial charge in [-0.1, -0.05) is 123 Å². The first-order valence-corrected chi connectivity index (χ1v) is 21.5. The van der Waals surface area contributed by atoms with Crippen molar-refractivity contribution in [3.63, 3.8) is 0 Å². The maximum absolute atomic E-state index is 6.84. The van der Waals surface area contributed by atoms with Crippen LogP contribution in [-0.2, 0) is 16.2 Å². The van der Waals surface area contributed by atoms with Crippen molar-refractivity contribution in [1.82, 2.24) is 4.57 Å². The molecule has 0 spiro atoms. The standard InChI is InChI=1S/C55H49BN2O2/c1-30-23-40-37-28-48-39(36-21-17-33(55(8,9)10)25-47(36)60-48)27-45(37)58(34-19-15-31(16-20-34)53(2,3)4)56-42-24-32(54(5,6)7)18-22-43(42)57-44-29-49-38(35-13-11-12-14-46(35)59-49)26-41(44)50(30)52(57)51(40)56/h11-29H,1-10H3. The topological polar surface area (TPSA) is 34.5 Å². The molecule has 4 nitrogen and oxygen atoms in total. The first-order valence-electron chi connectivity index (χ1n) is 21.5. The molecule has 5 heterocycles. The number of aryl methyl sites for hydroxylation is 1. The normalized spacial score (nSPS) is 14.1. The van der Waals surface area contributed by atoms with E-state index < -0.39 is 0 Å². The minimum Gasteiger partial charge on any atom is -0.456 e. The third-order valence-corrected chi connectivity index (χ3v) is 13.7. The number of para-hydroxylation sites is 1. The van der Waals surface area contributed by atoms with Gasteiger partial charge in [-0.15, -0.1) is 0 Å². The van der Waals surface area contributed by atoms with Gasteiger partial charge < -0.3 is 18.2 Å². The summed E-state index contributed by atoms with van der Waals surface area (Å²) < 4.78 is 16.0. The van der Waals surface area contributed by atoms with E-state index in [0.29, 0.717) is 0 Å². The Balaban J connectivity index is 1.24. The molecule has 10 aromatic rings. The molecule has 0 N–H and O–H groups in total. The number of aromatic nitrogens is 1. The van der Waals surface area contributed by atoms with Gasteiger partial charge in [0, 0.05) is 61.0 Å². The highest BCUT2D eigenvalue weighted by Gasteiger charge is 2.45. The summed E-state index contributed by atoms with van der Waals surface area (Å²) in [5, 5.41) is 7.16. The van der Waals surface area contributed by atoms with Crippen molar-refractivity contribution in [2.75, 3.05) is 4.81 Å². The second kappa shape index (κ2) is 11.5. The van der Waals surface area contributed by atoms with E-state index in [4.69, 9.17) is 8.83 Å². The molecule has 5 heteroatoms. The molecular weight excluding hydrogens is 731 g/mol. The highest BCUT2D eigenvalue weighted by molar-refractivity contribution is 6.93. The van der Waals surface area contributed by atoms with E-state index in [-0.39, 0.29) is 23.1 Å². The number of furan rings is 2. The van der Waals surface area contributed by atoms with Crippen molar-refractivity contribution in [3.05, 3.63) is 138 Å². The molecule has 60 heavy (non-hydrogen) atoms. The quantitative estimate of drug-likeness (QED) is 0.156. The molecule has 0 radical (unpaired) electrons. The van der Waals surface area contributed by atoms with Gasteiger partial charge in [0.1, 0.15) is 22.3 Å². The van der Waals surface area contributed by atoms with Crippen LogP contribution >= 0.6 is 0 Å². The molecule has 3 aromatic heterocycles. The summed E-state index contributed by atoms with van der Waals surface area (Å²) in [5.41, 5.74) is 20.0. The van der Waals surface area contributed by atoms with E-state index in [2.05, 4.69) is 194 Å². The highest BCUT2D eigenvalue weighted by Crippen LogP contribution is 2.49. The first-order chi connectivity index (χ1) is 28.5. The number of nitrogens with zero attached hydrogens (tertiary/aromatic N) is 2. The van der Waals surface area contributed by atoms with Crippen molar-refractivity contribution >= 4 is 94.8 Å². The third kappa shape index (κ3) is 4.81. The second-order valence-corrected chi connectivity index (χ2v) is 20.7. The van der Waals surface area contributed by atoms with E-state index in [0.717, 1.165) is 43.9 Å². The van der Waals surface area contributed by atoms with Crippen LogP contribution in [0.5, 0.6) is 0 Å². The van der Waals surface area contributed by atoms with Crippen LogP contribution < -0.4 is 15.7 Å². The fourth-order valence-corrected chi connectivity index (χ4v) is 10.5. The predicted molar refractivity (Wildman–Crippen MR) is 255 cm³/mol. The summed E-state index contributed by atoms with van der Waals surface area (Å²) in [6, 6.07) is 43.7. The molecule has 12 rings (SSSR count). The zero-order chi connectivity index (χ0) is 41.4. The Morgan fingerprint density at radius 2 is 1.10 bits per heavy atom. The zero-order valence-corrected chi connectivity index (χ0v) is 36.3. The number of benzene rings is 7. The Hall–Kier alpha value is -6.20. The molecule has 0 unspecified atom stereocenters. The van der Waals surface area contributed by atoms with Gasteiger partial charge in [-0.3, -0.25) is 0 Å². The van der Waals surface area contributed by atoms with Crippen molar-refractivity contribution in [1.29, 1.82) is 0 Å². The van der Waals surface area contributed by atoms with Gasteiger partial charge in [0.15, 0.2) is 0 Å². The third-order valence-electron chi connectivity index (χ3n) is 13.7. The van der Waals surface area contributed by atoms with Crippen LogP contribution in [0.1, 0.15) is 84.6 Å². The van der Waals surface area contributed by atoms with Gasteiger partial charge in [-0.2, -0.15) is 0 Å². The lowest BCUT2D eigenvalue weighted by atomic mass is 9.43. The largest absolute Gasteiger partial charge is 0.456 e. The van der Waals surface area contributed by atoms with E-state index in [9.17, 15) is 0 Å². The highest BCUT2D eigenvalue weighted by atomic mass is 16.3. The van der Waals surface area contributed by atoms with E-state index in [1.54, 1.807) is 0 Å². The van der Waals surface area contributed by atoms with Crippen molar-refractivity contribution < 1.29 is 8.83 Å². The Labute approximate surface area is 351 Å². The molecule has 0 bridgehead atoms. The maximum Gasteiger partial charge on any atom is 0.333 e. The molecule has 7 aromatic carbocycles. The van der Waals surface area contributed by atoms with Crippen molar-refractivity contribution in [3.8, 4) is 16.8 Å². The van der Waals surface area contributed by atoms with E-state index in [1.807, 2.05) is 0 Å². The summed E-state index contributed by atoms with van der Waals surface area (Å²) in [4.78, 5) is 2.65. The number of anilines is 2. The predicted octanol–water partition coefficient (Wildman–Crippen LogP) is 14.0. The van der Waals surface area contributed by atoms with Crippen LogP contribution in [0.3, 0.4) is 0 Å². The molecule has 0 saturated carbocycles. The zero-order valence-electron chi connectivity index (χ0n) is 36.3. The maximum atomic E-state index is 6.84. The molecule has 0 aliphatic carbocycles. The molecule has 0 amide bonds. The molecule has 2 aliphatic rings. The summed E-state index contributed by atoms with van der Waals surface area (Å²) in [5.74, 6) is 0. The van der Waals surface area contributed by atoms with Crippen LogP contribution in [0.4, 0.5) is 11.4 Å². The molecule has 2 aliphatic heterocycles. The lowest BCUT2D eigenvalue weighted by molar-refractivity contribution is 0.587. The average molecular weight is 781 g/mol. The average Bonchev–Trinajstić information content (AvgIpc) is 3.86. The summed E-state index contributed by atoms with van der Waals surface area (Å²) >= 11 is 0. The minimum atomic E-state index is -0.0860. The first kappa shape index (κ1) is 35.7. The summed E-state index contributed by atoms with van der Waals surface area (Å²) in [6.07, 6.45) is 0. The van der Waals surface area contributed by atoms with Crippen molar-refractivity contribution in [2.45, 2.75) is 85.5 Å². The summed E-state index contributed by atoms with van der Waals surface area (Å²) in [7, 11) is 0.